The van der Waals surface area contributed by atoms with Gasteiger partial charge in [0.1, 0.15) is 5.75 Å². The second kappa shape index (κ2) is 5.89. The topological polar surface area (TPSA) is 72.5 Å². The number of nitrogens with two attached hydrogens (primary N) is 1. The first-order chi connectivity index (χ1) is 7.97. The fourth-order valence-corrected chi connectivity index (χ4v) is 1.85. The number of carboxylic acid groups (broad SMARTS) is 1. The van der Waals surface area contributed by atoms with Gasteiger partial charge in [-0.2, -0.15) is 0 Å². The highest BCUT2D eigenvalue weighted by Crippen LogP contribution is 2.35. The Balaban J connectivity index is 2.97. The Bertz CT molecular complexity index is 420. The molecule has 17 heavy (non-hydrogen) atoms. The van der Waals surface area contributed by atoms with E-state index in [9.17, 15) is 4.79 Å². The van der Waals surface area contributed by atoms with E-state index in [0.717, 1.165) is 11.1 Å². The summed E-state index contributed by atoms with van der Waals surface area (Å²) in [5, 5.41) is 9.15. The molecule has 0 fully saturated rings. The predicted molar refractivity (Wildman–Crippen MR) is 66.5 cm³/mol. The molecule has 94 valence electrons. The predicted octanol–water partition coefficient (Wildman–Crippen LogP) is 2.52. The minimum atomic E-state index is -0.863. The SMILES string of the molecule is COc1c(C(N)CCC(=O)O)ccc(C)c1Cl. The summed E-state index contributed by atoms with van der Waals surface area (Å²) in [5.74, 6) is -0.331. The van der Waals surface area contributed by atoms with E-state index >= 15 is 0 Å². The molecule has 0 spiro atoms. The highest BCUT2D eigenvalue weighted by atomic mass is 35.5. The molecule has 1 unspecified atom stereocenters. The maximum absolute atomic E-state index is 10.5. The van der Waals surface area contributed by atoms with Crippen LogP contribution in [0.2, 0.25) is 5.02 Å². The van der Waals surface area contributed by atoms with Crippen LogP contribution in [0.3, 0.4) is 0 Å². The zero-order valence-electron chi connectivity index (χ0n) is 9.87. The lowest BCUT2D eigenvalue weighted by Gasteiger charge is -2.17. The van der Waals surface area contributed by atoms with E-state index in [-0.39, 0.29) is 12.5 Å². The third-order valence-corrected chi connectivity index (χ3v) is 3.06. The largest absolute Gasteiger partial charge is 0.495 e. The van der Waals surface area contributed by atoms with Gasteiger partial charge in [-0.15, -0.1) is 0 Å². The van der Waals surface area contributed by atoms with E-state index in [1.807, 2.05) is 19.1 Å². The van der Waals surface area contributed by atoms with Crippen LogP contribution < -0.4 is 10.5 Å². The Hall–Kier alpha value is -1.26. The number of hydrogen-bond donors (Lipinski definition) is 2. The van der Waals surface area contributed by atoms with Crippen molar-refractivity contribution in [1.29, 1.82) is 0 Å². The molecule has 0 saturated carbocycles. The third-order valence-electron chi connectivity index (χ3n) is 2.59. The highest BCUT2D eigenvalue weighted by Gasteiger charge is 2.16. The molecule has 0 saturated heterocycles. The molecule has 1 aromatic carbocycles. The summed E-state index contributed by atoms with van der Waals surface area (Å²) >= 11 is 6.11. The van der Waals surface area contributed by atoms with Crippen molar-refractivity contribution in [2.75, 3.05) is 7.11 Å². The van der Waals surface area contributed by atoms with Crippen molar-refractivity contribution in [2.45, 2.75) is 25.8 Å². The van der Waals surface area contributed by atoms with Gasteiger partial charge in [0.25, 0.3) is 0 Å². The molecule has 0 heterocycles. The molecule has 3 N–H and O–H groups in total. The molecule has 0 radical (unpaired) electrons. The molecule has 1 atom stereocenters. The number of ether oxygens (including phenoxy) is 1. The molecule has 4 nitrogen and oxygen atoms in total. The summed E-state index contributed by atoms with van der Waals surface area (Å²) in [7, 11) is 1.52. The number of carbonyl (C=O) groups is 1. The van der Waals surface area contributed by atoms with Gasteiger partial charge in [0, 0.05) is 18.0 Å². The standard InChI is InChI=1S/C12H16ClNO3/c1-7-3-4-8(12(17-2)11(7)13)9(14)5-6-10(15)16/h3-4,9H,5-6,14H2,1-2H3,(H,15,16). The van der Waals surface area contributed by atoms with Gasteiger partial charge in [-0.05, 0) is 18.9 Å². The summed E-state index contributed by atoms with van der Waals surface area (Å²) in [6.07, 6.45) is 0.376. The summed E-state index contributed by atoms with van der Waals surface area (Å²) in [4.78, 5) is 10.5. The van der Waals surface area contributed by atoms with E-state index in [0.29, 0.717) is 17.2 Å². The molecule has 5 heteroatoms. The van der Waals surface area contributed by atoms with Crippen molar-refractivity contribution in [3.8, 4) is 5.75 Å². The van der Waals surface area contributed by atoms with Gasteiger partial charge in [0.2, 0.25) is 0 Å². The van der Waals surface area contributed by atoms with Gasteiger partial charge in [-0.25, -0.2) is 0 Å². The minimum Gasteiger partial charge on any atom is -0.495 e. The summed E-state index contributed by atoms with van der Waals surface area (Å²) in [6, 6.07) is 3.28. The Labute approximate surface area is 105 Å². The fraction of sp³-hybridized carbons (Fsp3) is 0.417. The van der Waals surface area contributed by atoms with Crippen LogP contribution in [0.1, 0.15) is 30.0 Å². The maximum Gasteiger partial charge on any atom is 0.303 e. The first-order valence-electron chi connectivity index (χ1n) is 5.27. The second-order valence-electron chi connectivity index (χ2n) is 3.86. The van der Waals surface area contributed by atoms with Crippen LogP contribution >= 0.6 is 11.6 Å². The van der Waals surface area contributed by atoms with Gasteiger partial charge in [0.05, 0.1) is 12.1 Å². The molecular formula is C12H16ClNO3. The molecule has 1 rings (SSSR count). The van der Waals surface area contributed by atoms with E-state index in [4.69, 9.17) is 27.2 Å². The first kappa shape index (κ1) is 13.8. The van der Waals surface area contributed by atoms with Crippen LogP contribution in [-0.2, 0) is 4.79 Å². The lowest BCUT2D eigenvalue weighted by atomic mass is 10.0. The summed E-state index contributed by atoms with van der Waals surface area (Å²) in [5.41, 5.74) is 7.58. The van der Waals surface area contributed by atoms with E-state index in [1.165, 1.54) is 7.11 Å². The van der Waals surface area contributed by atoms with Crippen LogP contribution in [0.15, 0.2) is 12.1 Å². The van der Waals surface area contributed by atoms with Gasteiger partial charge in [0.15, 0.2) is 0 Å². The molecule has 0 bridgehead atoms. The van der Waals surface area contributed by atoms with E-state index < -0.39 is 5.97 Å². The average molecular weight is 258 g/mol. The number of halogens is 1. The van der Waals surface area contributed by atoms with Gasteiger partial charge < -0.3 is 15.6 Å². The summed E-state index contributed by atoms with van der Waals surface area (Å²) in [6.45, 7) is 1.87. The van der Waals surface area contributed by atoms with Crippen LogP contribution in [0.4, 0.5) is 0 Å². The zero-order chi connectivity index (χ0) is 13.0. The van der Waals surface area contributed by atoms with Crippen molar-refractivity contribution < 1.29 is 14.6 Å². The Morgan fingerprint density at radius 2 is 2.24 bits per heavy atom. The zero-order valence-corrected chi connectivity index (χ0v) is 10.6. The summed E-state index contributed by atoms with van der Waals surface area (Å²) < 4.78 is 5.23. The number of carboxylic acids is 1. The van der Waals surface area contributed by atoms with Crippen LogP contribution in [0.25, 0.3) is 0 Å². The van der Waals surface area contributed by atoms with Gasteiger partial charge >= 0.3 is 5.97 Å². The van der Waals surface area contributed by atoms with Crippen molar-refractivity contribution in [3.05, 3.63) is 28.3 Å². The molecule has 0 amide bonds. The first-order valence-corrected chi connectivity index (χ1v) is 5.65. The smallest absolute Gasteiger partial charge is 0.303 e. The number of rotatable bonds is 5. The van der Waals surface area contributed by atoms with E-state index in [2.05, 4.69) is 0 Å². The number of methoxy groups -OCH3 is 1. The Morgan fingerprint density at radius 3 is 2.76 bits per heavy atom. The third kappa shape index (κ3) is 3.35. The molecule has 1 aromatic rings. The van der Waals surface area contributed by atoms with Crippen molar-refractivity contribution >= 4 is 17.6 Å². The quantitative estimate of drug-likeness (QED) is 0.850. The van der Waals surface area contributed by atoms with Crippen LogP contribution in [0, 0.1) is 6.92 Å². The number of aliphatic carboxylic acids is 1. The molecular weight excluding hydrogens is 242 g/mol. The van der Waals surface area contributed by atoms with E-state index in [1.54, 1.807) is 0 Å². The van der Waals surface area contributed by atoms with Gasteiger partial charge in [-0.1, -0.05) is 23.7 Å². The second-order valence-corrected chi connectivity index (χ2v) is 4.24. The van der Waals surface area contributed by atoms with Crippen LogP contribution in [0.5, 0.6) is 5.75 Å². The average Bonchev–Trinajstić information content (AvgIpc) is 2.29. The normalized spacial score (nSPS) is 12.2. The molecule has 0 aliphatic heterocycles. The fourth-order valence-electron chi connectivity index (χ4n) is 1.60. The Kier molecular flexibility index (Phi) is 4.78. The highest BCUT2D eigenvalue weighted by molar-refractivity contribution is 6.32. The molecule has 0 aliphatic carbocycles. The number of hydrogen-bond acceptors (Lipinski definition) is 3. The lowest BCUT2D eigenvalue weighted by molar-refractivity contribution is -0.137. The number of aryl methyl sites for hydroxylation is 1. The molecule has 0 aromatic heterocycles. The van der Waals surface area contributed by atoms with Gasteiger partial charge in [-0.3, -0.25) is 4.79 Å². The van der Waals surface area contributed by atoms with Crippen molar-refractivity contribution in [1.82, 2.24) is 0 Å². The molecule has 0 aliphatic rings. The van der Waals surface area contributed by atoms with Crippen molar-refractivity contribution in [3.63, 3.8) is 0 Å². The maximum atomic E-state index is 10.5. The Morgan fingerprint density at radius 1 is 1.59 bits per heavy atom. The van der Waals surface area contributed by atoms with Crippen molar-refractivity contribution in [2.24, 2.45) is 5.73 Å². The lowest BCUT2D eigenvalue weighted by Crippen LogP contribution is -2.13. The van der Waals surface area contributed by atoms with Crippen LogP contribution in [-0.4, -0.2) is 18.2 Å². The minimum absolute atomic E-state index is 0.0236. The monoisotopic (exact) mass is 257 g/mol. The number of benzene rings is 1.